The number of carboxylic acid groups (broad SMARTS) is 1. The van der Waals surface area contributed by atoms with Crippen molar-refractivity contribution in [2.75, 3.05) is 37.6 Å². The van der Waals surface area contributed by atoms with E-state index in [-0.39, 0.29) is 36.3 Å². The number of amidine groups is 1. The van der Waals surface area contributed by atoms with Crippen molar-refractivity contribution in [2.24, 2.45) is 5.73 Å². The number of ether oxygens (including phenoxy) is 2. The standard InChI is InChI=1S/C33H40N6O6S/c1-44-27-8-5-24(6-9-27)32(34)37-19-15-29(16-20-37)45-28-10-12-30(13-11-28)46(42,43)39(17-2-3-31(40)41)26-7-4-23-14-18-38(33(35)36)22-25(23)21-26/h4-13,21,29,34H,2-3,14-20,22H2,1H3,(H3,35,36)(H,40,41). The Kier molecular flexibility index (Phi) is 10.0. The lowest BCUT2D eigenvalue weighted by Crippen LogP contribution is -2.41. The third kappa shape index (κ3) is 7.53. The molecule has 0 saturated carbocycles. The molecule has 1 fully saturated rings. The monoisotopic (exact) mass is 648 g/mol. The summed E-state index contributed by atoms with van der Waals surface area (Å²) < 4.78 is 40.5. The van der Waals surface area contributed by atoms with Crippen LogP contribution in [0.4, 0.5) is 5.69 Å². The van der Waals surface area contributed by atoms with Crippen LogP contribution in [-0.2, 0) is 27.8 Å². The number of guanidine groups is 1. The van der Waals surface area contributed by atoms with E-state index >= 15 is 0 Å². The lowest BCUT2D eigenvalue weighted by Gasteiger charge is -2.34. The van der Waals surface area contributed by atoms with Crippen LogP contribution in [0.3, 0.4) is 0 Å². The number of hydrogen-bond acceptors (Lipinski definition) is 7. The van der Waals surface area contributed by atoms with Crippen LogP contribution in [0, 0.1) is 10.8 Å². The van der Waals surface area contributed by atoms with Gasteiger partial charge in [0.2, 0.25) is 0 Å². The largest absolute Gasteiger partial charge is 0.497 e. The van der Waals surface area contributed by atoms with Crippen LogP contribution in [0.1, 0.15) is 42.4 Å². The molecule has 0 spiro atoms. The van der Waals surface area contributed by atoms with E-state index in [0.29, 0.717) is 49.9 Å². The summed E-state index contributed by atoms with van der Waals surface area (Å²) in [7, 11) is -2.43. The Labute approximate surface area is 269 Å². The van der Waals surface area contributed by atoms with Crippen LogP contribution in [0.25, 0.3) is 0 Å². The summed E-state index contributed by atoms with van der Waals surface area (Å²) in [6.07, 6.45) is 2.03. The fraction of sp³-hybridized carbons (Fsp3) is 0.364. The van der Waals surface area contributed by atoms with E-state index in [1.165, 1.54) is 16.4 Å². The van der Waals surface area contributed by atoms with Crippen molar-refractivity contribution < 1.29 is 27.8 Å². The number of rotatable bonds is 11. The molecule has 2 aliphatic heterocycles. The number of anilines is 1. The molecule has 1 saturated heterocycles. The number of carboxylic acids is 1. The Balaban J connectivity index is 1.26. The predicted molar refractivity (Wildman–Crippen MR) is 175 cm³/mol. The molecule has 3 aromatic rings. The molecule has 0 radical (unpaired) electrons. The molecule has 2 aliphatic rings. The van der Waals surface area contributed by atoms with Crippen LogP contribution >= 0.6 is 0 Å². The minimum Gasteiger partial charge on any atom is -0.497 e. The first-order valence-electron chi connectivity index (χ1n) is 15.2. The van der Waals surface area contributed by atoms with Crippen LogP contribution in [0.2, 0.25) is 0 Å². The normalized spacial score (nSPS) is 15.2. The first kappa shape index (κ1) is 32.6. The topological polar surface area (TPSA) is 173 Å². The van der Waals surface area contributed by atoms with Crippen molar-refractivity contribution in [3.8, 4) is 11.5 Å². The lowest BCUT2D eigenvalue weighted by atomic mass is 9.99. The van der Waals surface area contributed by atoms with Crippen LogP contribution < -0.4 is 19.5 Å². The van der Waals surface area contributed by atoms with Crippen molar-refractivity contribution in [3.63, 3.8) is 0 Å². The maximum atomic E-state index is 13.9. The minimum atomic E-state index is -4.04. The third-order valence-electron chi connectivity index (χ3n) is 8.42. The highest BCUT2D eigenvalue weighted by atomic mass is 32.2. The number of hydrogen-bond donors (Lipinski definition) is 4. The number of carbonyl (C=O) groups is 1. The zero-order valence-corrected chi connectivity index (χ0v) is 26.6. The van der Waals surface area contributed by atoms with Gasteiger partial charge in [0.1, 0.15) is 23.4 Å². The van der Waals surface area contributed by atoms with E-state index in [9.17, 15) is 18.3 Å². The summed E-state index contributed by atoms with van der Waals surface area (Å²) in [5.41, 5.74) is 8.90. The molecule has 13 heteroatoms. The quantitative estimate of drug-likeness (QED) is 0.178. The molecule has 0 aliphatic carbocycles. The Bertz CT molecular complexity index is 1670. The van der Waals surface area contributed by atoms with Crippen molar-refractivity contribution in [1.29, 1.82) is 10.8 Å². The van der Waals surface area contributed by atoms with Crippen LogP contribution in [0.5, 0.6) is 11.5 Å². The lowest BCUT2D eigenvalue weighted by molar-refractivity contribution is -0.137. The zero-order chi connectivity index (χ0) is 32.8. The molecule has 0 amide bonds. The van der Waals surface area contributed by atoms with Crippen molar-refractivity contribution in [3.05, 3.63) is 83.4 Å². The van der Waals surface area contributed by atoms with E-state index in [0.717, 1.165) is 35.3 Å². The Morgan fingerprint density at radius 3 is 2.26 bits per heavy atom. The number of nitrogens with one attached hydrogen (secondary N) is 2. The molecular weight excluding hydrogens is 608 g/mol. The molecule has 244 valence electrons. The number of benzene rings is 3. The number of methoxy groups -OCH3 is 1. The van der Waals surface area contributed by atoms with Gasteiger partial charge in [0.25, 0.3) is 10.0 Å². The second-order valence-corrected chi connectivity index (χ2v) is 13.3. The average Bonchev–Trinajstić information content (AvgIpc) is 3.06. The first-order chi connectivity index (χ1) is 22.0. The van der Waals surface area contributed by atoms with Crippen LogP contribution in [0.15, 0.2) is 71.6 Å². The number of fused-ring (bicyclic) bond motifs is 1. The molecule has 5 rings (SSSR count). The molecule has 0 unspecified atom stereocenters. The molecular formula is C33H40N6O6S. The van der Waals surface area contributed by atoms with Gasteiger partial charge in [0.15, 0.2) is 5.96 Å². The van der Waals surface area contributed by atoms with Crippen molar-refractivity contribution in [2.45, 2.75) is 49.6 Å². The molecule has 0 aromatic heterocycles. The van der Waals surface area contributed by atoms with Gasteiger partial charge in [-0.05, 0) is 84.6 Å². The van der Waals surface area contributed by atoms with E-state index in [2.05, 4.69) is 0 Å². The number of piperidine rings is 1. The molecule has 5 N–H and O–H groups in total. The van der Waals surface area contributed by atoms with Gasteiger partial charge in [-0.2, -0.15) is 0 Å². The first-order valence-corrected chi connectivity index (χ1v) is 16.7. The van der Waals surface area contributed by atoms with Gasteiger partial charge in [0.05, 0.1) is 17.7 Å². The summed E-state index contributed by atoms with van der Waals surface area (Å²) in [5, 5.41) is 25.6. The average molecular weight is 649 g/mol. The highest BCUT2D eigenvalue weighted by Crippen LogP contribution is 2.30. The highest BCUT2D eigenvalue weighted by Gasteiger charge is 2.28. The molecule has 46 heavy (non-hydrogen) atoms. The van der Waals surface area contributed by atoms with Gasteiger partial charge in [-0.15, -0.1) is 0 Å². The summed E-state index contributed by atoms with van der Waals surface area (Å²) in [6.45, 7) is 2.33. The Hall–Kier alpha value is -4.78. The minimum absolute atomic E-state index is 0.00774. The molecule has 0 atom stereocenters. The molecule has 0 bridgehead atoms. The molecule has 12 nitrogen and oxygen atoms in total. The second kappa shape index (κ2) is 14.1. The smallest absolute Gasteiger partial charge is 0.303 e. The van der Waals surface area contributed by atoms with Crippen molar-refractivity contribution in [1.82, 2.24) is 9.80 Å². The van der Waals surface area contributed by atoms with E-state index in [4.69, 9.17) is 26.0 Å². The summed E-state index contributed by atoms with van der Waals surface area (Å²) in [4.78, 5) is 15.0. The number of sulfonamides is 1. The fourth-order valence-electron chi connectivity index (χ4n) is 5.80. The van der Waals surface area contributed by atoms with Gasteiger partial charge >= 0.3 is 5.97 Å². The van der Waals surface area contributed by atoms with Gasteiger partial charge in [0, 0.05) is 57.5 Å². The van der Waals surface area contributed by atoms with Gasteiger partial charge < -0.3 is 30.1 Å². The third-order valence-corrected chi connectivity index (χ3v) is 10.3. The fourth-order valence-corrected chi connectivity index (χ4v) is 7.30. The van der Waals surface area contributed by atoms with Gasteiger partial charge in [-0.1, -0.05) is 6.07 Å². The summed E-state index contributed by atoms with van der Waals surface area (Å²) in [5.74, 6) is 0.721. The Morgan fingerprint density at radius 2 is 1.63 bits per heavy atom. The van der Waals surface area contributed by atoms with E-state index < -0.39 is 16.0 Å². The highest BCUT2D eigenvalue weighted by molar-refractivity contribution is 7.92. The molecule has 3 aromatic carbocycles. The zero-order valence-electron chi connectivity index (χ0n) is 25.8. The predicted octanol–water partition coefficient (Wildman–Crippen LogP) is 3.88. The SMILES string of the molecule is COc1ccc(C(=N)N2CCC(Oc3ccc(S(=O)(=O)N(CCCC(=O)O)c4ccc5c(c4)CN(C(=N)N)CC5)cc3)CC2)cc1. The second-order valence-electron chi connectivity index (χ2n) is 11.4. The van der Waals surface area contributed by atoms with E-state index in [1.807, 2.05) is 35.2 Å². The van der Waals surface area contributed by atoms with Crippen molar-refractivity contribution >= 4 is 33.5 Å². The summed E-state index contributed by atoms with van der Waals surface area (Å²) >= 11 is 0. The van der Waals surface area contributed by atoms with E-state index in [1.54, 1.807) is 36.3 Å². The van der Waals surface area contributed by atoms with Crippen LogP contribution in [-0.4, -0.2) is 80.5 Å². The number of nitrogens with two attached hydrogens (primary N) is 1. The number of nitrogens with zero attached hydrogens (tertiary/aromatic N) is 3. The number of aliphatic carboxylic acids is 1. The maximum absolute atomic E-state index is 13.9. The summed E-state index contributed by atoms with van der Waals surface area (Å²) in [6, 6.07) is 19.2. The molecule has 2 heterocycles. The maximum Gasteiger partial charge on any atom is 0.303 e. The Morgan fingerprint density at radius 1 is 0.957 bits per heavy atom. The number of likely N-dealkylation sites (tertiary alicyclic amines) is 1. The van der Waals surface area contributed by atoms with Gasteiger partial charge in [-0.3, -0.25) is 19.9 Å². The van der Waals surface area contributed by atoms with Gasteiger partial charge in [-0.25, -0.2) is 8.42 Å².